The Morgan fingerprint density at radius 1 is 1.24 bits per heavy atom. The van der Waals surface area contributed by atoms with Gasteiger partial charge in [-0.25, -0.2) is 0 Å². The average molecular weight is 407 g/mol. The fourth-order valence-corrected chi connectivity index (χ4v) is 4.61. The lowest BCUT2D eigenvalue weighted by molar-refractivity contribution is -0.148. The van der Waals surface area contributed by atoms with E-state index in [0.29, 0.717) is 43.7 Å². The number of nitrogens with one attached hydrogen (secondary N) is 3. The van der Waals surface area contributed by atoms with Crippen LogP contribution in [-0.4, -0.2) is 58.2 Å². The summed E-state index contributed by atoms with van der Waals surface area (Å²) in [6, 6.07) is -0.207. The summed E-state index contributed by atoms with van der Waals surface area (Å²) in [5, 5.41) is 20.4. The highest BCUT2D eigenvalue weighted by molar-refractivity contribution is 5.76. The normalized spacial score (nSPS) is 26.5. The van der Waals surface area contributed by atoms with Crippen LogP contribution in [-0.2, 0) is 20.7 Å². The topological polar surface area (TPSA) is 122 Å². The molecule has 1 saturated heterocycles. The summed E-state index contributed by atoms with van der Waals surface area (Å²) in [5.74, 6) is 2.59. The number of aryl methyl sites for hydroxylation is 1. The fourth-order valence-electron chi connectivity index (χ4n) is 4.61. The Hall–Kier alpha value is -2.03. The SMILES string of the molecule is CCCC(=O)NCCCOC(=O)[C@@H]1C[C@H]2C[C@@H](CCc3nn[nH]n3)CC[C@H]2CN1. The second kappa shape index (κ2) is 11.2. The van der Waals surface area contributed by atoms with Gasteiger partial charge in [-0.15, -0.1) is 10.2 Å². The maximum Gasteiger partial charge on any atom is 0.323 e. The Balaban J connectivity index is 1.34. The molecule has 9 heteroatoms. The number of fused-ring (bicyclic) bond motifs is 1. The quantitative estimate of drug-likeness (QED) is 0.396. The van der Waals surface area contributed by atoms with Crippen molar-refractivity contribution in [2.75, 3.05) is 19.7 Å². The number of nitrogens with zero attached hydrogens (tertiary/aromatic N) is 3. The first-order valence-electron chi connectivity index (χ1n) is 11.0. The van der Waals surface area contributed by atoms with Crippen molar-refractivity contribution >= 4 is 11.9 Å². The van der Waals surface area contributed by atoms with E-state index in [1.165, 1.54) is 12.8 Å². The first kappa shape index (κ1) is 21.7. The number of H-pyrrole nitrogens is 1. The summed E-state index contributed by atoms with van der Waals surface area (Å²) in [5.41, 5.74) is 0. The van der Waals surface area contributed by atoms with Gasteiger partial charge in [0, 0.05) is 19.4 Å². The van der Waals surface area contributed by atoms with Crippen molar-refractivity contribution in [1.82, 2.24) is 31.3 Å². The predicted octanol–water partition coefficient (Wildman–Crippen LogP) is 1.38. The van der Waals surface area contributed by atoms with Crippen molar-refractivity contribution in [2.45, 2.75) is 70.8 Å². The monoisotopic (exact) mass is 406 g/mol. The number of ether oxygens (including phenoxy) is 1. The highest BCUT2D eigenvalue weighted by atomic mass is 16.5. The molecular weight excluding hydrogens is 372 g/mol. The molecule has 1 saturated carbocycles. The number of rotatable bonds is 10. The molecule has 29 heavy (non-hydrogen) atoms. The smallest absolute Gasteiger partial charge is 0.323 e. The van der Waals surface area contributed by atoms with E-state index in [1.54, 1.807) is 0 Å². The number of hydrogen-bond donors (Lipinski definition) is 3. The number of amides is 1. The molecule has 1 aliphatic heterocycles. The summed E-state index contributed by atoms with van der Waals surface area (Å²) >= 11 is 0. The Labute approximate surface area is 172 Å². The molecule has 1 aliphatic carbocycles. The van der Waals surface area contributed by atoms with Crippen LogP contribution in [0.3, 0.4) is 0 Å². The molecule has 1 aromatic heterocycles. The van der Waals surface area contributed by atoms with Crippen LogP contribution in [0.25, 0.3) is 0 Å². The van der Waals surface area contributed by atoms with Gasteiger partial charge in [-0.05, 0) is 62.8 Å². The van der Waals surface area contributed by atoms with Gasteiger partial charge in [-0.3, -0.25) is 9.59 Å². The van der Waals surface area contributed by atoms with Gasteiger partial charge in [0.1, 0.15) is 6.04 Å². The molecule has 4 atom stereocenters. The lowest BCUT2D eigenvalue weighted by Crippen LogP contribution is -2.50. The van der Waals surface area contributed by atoms with Crippen LogP contribution in [0.1, 0.15) is 64.1 Å². The number of carbonyl (C=O) groups is 2. The largest absolute Gasteiger partial charge is 0.464 e. The number of esters is 1. The van der Waals surface area contributed by atoms with E-state index in [2.05, 4.69) is 31.3 Å². The third kappa shape index (κ3) is 6.76. The van der Waals surface area contributed by atoms with Gasteiger partial charge >= 0.3 is 5.97 Å². The lowest BCUT2D eigenvalue weighted by Gasteiger charge is -2.42. The summed E-state index contributed by atoms with van der Waals surface area (Å²) in [7, 11) is 0. The van der Waals surface area contributed by atoms with Crippen LogP contribution < -0.4 is 10.6 Å². The molecule has 3 rings (SSSR count). The van der Waals surface area contributed by atoms with Crippen LogP contribution >= 0.6 is 0 Å². The van der Waals surface area contributed by atoms with Crippen molar-refractivity contribution in [2.24, 2.45) is 17.8 Å². The van der Waals surface area contributed by atoms with Crippen molar-refractivity contribution < 1.29 is 14.3 Å². The molecule has 2 fully saturated rings. The van der Waals surface area contributed by atoms with Gasteiger partial charge in [0.15, 0.2) is 5.82 Å². The average Bonchev–Trinajstić information content (AvgIpc) is 3.25. The van der Waals surface area contributed by atoms with Crippen molar-refractivity contribution in [1.29, 1.82) is 0 Å². The van der Waals surface area contributed by atoms with E-state index in [0.717, 1.165) is 44.5 Å². The molecule has 162 valence electrons. The van der Waals surface area contributed by atoms with Crippen LogP contribution in [0, 0.1) is 17.8 Å². The summed E-state index contributed by atoms with van der Waals surface area (Å²) in [4.78, 5) is 23.9. The minimum atomic E-state index is -0.207. The van der Waals surface area contributed by atoms with E-state index in [-0.39, 0.29) is 17.9 Å². The van der Waals surface area contributed by atoms with E-state index in [1.807, 2.05) is 6.92 Å². The Morgan fingerprint density at radius 3 is 2.93 bits per heavy atom. The first-order valence-corrected chi connectivity index (χ1v) is 11.0. The van der Waals surface area contributed by atoms with E-state index in [9.17, 15) is 9.59 Å². The molecule has 2 heterocycles. The van der Waals surface area contributed by atoms with Gasteiger partial charge in [-0.1, -0.05) is 18.6 Å². The second-order valence-corrected chi connectivity index (χ2v) is 8.38. The number of aromatic nitrogens is 4. The minimum Gasteiger partial charge on any atom is -0.464 e. The van der Waals surface area contributed by atoms with Crippen LogP contribution in [0.2, 0.25) is 0 Å². The molecule has 2 aliphatic rings. The van der Waals surface area contributed by atoms with Crippen LogP contribution in [0.4, 0.5) is 0 Å². The fraction of sp³-hybridized carbons (Fsp3) is 0.850. The molecule has 0 bridgehead atoms. The summed E-state index contributed by atoms with van der Waals surface area (Å²) in [6.45, 7) is 3.78. The van der Waals surface area contributed by atoms with Crippen molar-refractivity contribution in [3.63, 3.8) is 0 Å². The van der Waals surface area contributed by atoms with Crippen LogP contribution in [0.15, 0.2) is 0 Å². The summed E-state index contributed by atoms with van der Waals surface area (Å²) < 4.78 is 5.45. The zero-order chi connectivity index (χ0) is 20.5. The Bertz CT molecular complexity index is 638. The maximum absolute atomic E-state index is 12.4. The molecular formula is C20H34N6O3. The maximum atomic E-state index is 12.4. The number of piperidine rings is 1. The number of aromatic amines is 1. The third-order valence-corrected chi connectivity index (χ3v) is 6.23. The number of tetrazole rings is 1. The molecule has 0 unspecified atom stereocenters. The molecule has 0 aromatic carbocycles. The standard InChI is InChI=1S/C20H34N6O3/c1-2-4-19(27)21-9-3-10-29-20(28)17-12-16-11-14(5-7-15(16)13-22-17)6-8-18-23-25-26-24-18/h14-17,22H,2-13H2,1H3,(H,21,27)(H,23,24,25,26)/t14-,15+,16-,17+/m1/s1. The van der Waals surface area contributed by atoms with Gasteiger partial charge in [-0.2, -0.15) is 5.21 Å². The van der Waals surface area contributed by atoms with Gasteiger partial charge < -0.3 is 15.4 Å². The second-order valence-electron chi connectivity index (χ2n) is 8.38. The highest BCUT2D eigenvalue weighted by Crippen LogP contribution is 2.40. The molecule has 1 amide bonds. The highest BCUT2D eigenvalue weighted by Gasteiger charge is 2.38. The first-order chi connectivity index (χ1) is 14.2. The van der Waals surface area contributed by atoms with Crippen molar-refractivity contribution in [3.05, 3.63) is 5.82 Å². The lowest BCUT2D eigenvalue weighted by atomic mass is 9.69. The predicted molar refractivity (Wildman–Crippen MR) is 107 cm³/mol. The Morgan fingerprint density at radius 2 is 2.14 bits per heavy atom. The minimum absolute atomic E-state index is 0.0602. The molecule has 0 spiro atoms. The van der Waals surface area contributed by atoms with Gasteiger partial charge in [0.25, 0.3) is 0 Å². The van der Waals surface area contributed by atoms with Gasteiger partial charge in [0.05, 0.1) is 6.61 Å². The van der Waals surface area contributed by atoms with Crippen LogP contribution in [0.5, 0.6) is 0 Å². The van der Waals surface area contributed by atoms with Gasteiger partial charge in [0.2, 0.25) is 5.91 Å². The zero-order valence-electron chi connectivity index (χ0n) is 17.4. The molecule has 3 N–H and O–H groups in total. The number of hydrogen-bond acceptors (Lipinski definition) is 7. The molecule has 9 nitrogen and oxygen atoms in total. The number of carbonyl (C=O) groups excluding carboxylic acids is 2. The third-order valence-electron chi connectivity index (χ3n) is 6.23. The molecule has 1 aromatic rings. The summed E-state index contributed by atoms with van der Waals surface area (Å²) in [6.07, 6.45) is 8.45. The molecule has 0 radical (unpaired) electrons. The zero-order valence-corrected chi connectivity index (χ0v) is 17.4. The Kier molecular flexibility index (Phi) is 8.39. The van der Waals surface area contributed by atoms with Crippen molar-refractivity contribution in [3.8, 4) is 0 Å². The van der Waals surface area contributed by atoms with E-state index >= 15 is 0 Å². The van der Waals surface area contributed by atoms with E-state index < -0.39 is 0 Å². The van der Waals surface area contributed by atoms with E-state index in [4.69, 9.17) is 4.74 Å².